The van der Waals surface area contributed by atoms with Gasteiger partial charge in [-0.2, -0.15) is 0 Å². The third-order valence-electron chi connectivity index (χ3n) is 2.21. The molecule has 98 valence electrons. The van der Waals surface area contributed by atoms with E-state index in [0.717, 1.165) is 0 Å². The second kappa shape index (κ2) is 6.55. The second-order valence-electron chi connectivity index (χ2n) is 3.64. The Morgan fingerprint density at radius 2 is 2.06 bits per heavy atom. The molecule has 0 fully saturated rings. The molecule has 0 aliphatic carbocycles. The monoisotopic (exact) mass is 255 g/mol. The Morgan fingerprint density at radius 3 is 2.67 bits per heavy atom. The van der Waals surface area contributed by atoms with Crippen LogP contribution in [0, 0.1) is 5.82 Å². The molecule has 1 aromatic rings. The van der Waals surface area contributed by atoms with Gasteiger partial charge in [0.1, 0.15) is 11.9 Å². The molecule has 0 radical (unpaired) electrons. The van der Waals surface area contributed by atoms with Gasteiger partial charge in [0.15, 0.2) is 0 Å². The summed E-state index contributed by atoms with van der Waals surface area (Å²) in [6.07, 6.45) is -0.0466. The van der Waals surface area contributed by atoms with Crippen molar-refractivity contribution in [3.8, 4) is 0 Å². The summed E-state index contributed by atoms with van der Waals surface area (Å²) < 4.78 is 13.1. The molecule has 0 aliphatic rings. The van der Waals surface area contributed by atoms with Crippen LogP contribution in [0.4, 0.5) is 10.1 Å². The summed E-state index contributed by atoms with van der Waals surface area (Å²) in [5.74, 6) is -2.13. The average Bonchev–Trinajstić information content (AvgIpc) is 2.34. The first-order valence-corrected chi connectivity index (χ1v) is 5.28. The fraction of sp³-hybridized carbons (Fsp3) is 0.273. The van der Waals surface area contributed by atoms with Crippen LogP contribution in [0.25, 0.3) is 0 Å². The van der Waals surface area contributed by atoms with Gasteiger partial charge in [0.25, 0.3) is 0 Å². The molecule has 0 bridgehead atoms. The number of nitrogens with two attached hydrogens (primary N) is 1. The van der Waals surface area contributed by atoms with E-state index < -0.39 is 23.7 Å². The van der Waals surface area contributed by atoms with E-state index >= 15 is 0 Å². The lowest BCUT2D eigenvalue weighted by atomic mass is 10.2. The molecule has 1 aromatic carbocycles. The number of carbonyl (C=O) groups is 2. The summed E-state index contributed by atoms with van der Waals surface area (Å²) in [6, 6.07) is 4.75. The van der Waals surface area contributed by atoms with Crippen LogP contribution >= 0.6 is 0 Å². The van der Waals surface area contributed by atoms with Crippen molar-refractivity contribution >= 4 is 17.6 Å². The number of hydrogen-bond donors (Lipinski definition) is 4. The van der Waals surface area contributed by atoms with Gasteiger partial charge in [-0.05, 0) is 18.6 Å². The van der Waals surface area contributed by atoms with Gasteiger partial charge < -0.3 is 10.8 Å². The minimum absolute atomic E-state index is 0.0140. The van der Waals surface area contributed by atoms with Crippen molar-refractivity contribution < 1.29 is 19.1 Å². The van der Waals surface area contributed by atoms with Crippen LogP contribution in [0.15, 0.2) is 24.3 Å². The van der Waals surface area contributed by atoms with Gasteiger partial charge >= 0.3 is 5.97 Å². The molecular formula is C11H14FN3O3. The summed E-state index contributed by atoms with van der Waals surface area (Å²) in [6.45, 7) is 0. The highest BCUT2D eigenvalue weighted by Gasteiger charge is 2.13. The van der Waals surface area contributed by atoms with Crippen LogP contribution < -0.4 is 16.6 Å². The largest absolute Gasteiger partial charge is 0.480 e. The van der Waals surface area contributed by atoms with Crippen LogP contribution in [0.1, 0.15) is 12.8 Å². The van der Waals surface area contributed by atoms with Crippen molar-refractivity contribution in [1.29, 1.82) is 0 Å². The van der Waals surface area contributed by atoms with Crippen molar-refractivity contribution in [3.63, 3.8) is 0 Å². The first-order chi connectivity index (χ1) is 8.50. The summed E-state index contributed by atoms with van der Waals surface area (Å²) >= 11 is 0. The maximum absolute atomic E-state index is 13.1. The molecule has 18 heavy (non-hydrogen) atoms. The molecule has 0 aliphatic heterocycles. The van der Waals surface area contributed by atoms with Crippen LogP contribution in [-0.4, -0.2) is 23.0 Å². The standard InChI is InChI=1S/C11H14FN3O3/c12-7-3-1-2-4-9(7)14-15-10(16)6-5-8(13)11(17)18/h1-4,8,14H,5-6,13H2,(H,15,16)(H,17,18). The number of hydrogen-bond acceptors (Lipinski definition) is 4. The summed E-state index contributed by atoms with van der Waals surface area (Å²) in [5, 5.41) is 8.52. The Labute approximate surface area is 103 Å². The van der Waals surface area contributed by atoms with Crippen LogP contribution in [0.2, 0.25) is 0 Å². The molecule has 0 heterocycles. The number of halogens is 1. The zero-order chi connectivity index (χ0) is 13.5. The Balaban J connectivity index is 2.34. The zero-order valence-electron chi connectivity index (χ0n) is 9.52. The third kappa shape index (κ3) is 4.38. The van der Waals surface area contributed by atoms with Gasteiger partial charge in [-0.15, -0.1) is 0 Å². The molecule has 0 aromatic heterocycles. The summed E-state index contributed by atoms with van der Waals surface area (Å²) in [7, 11) is 0. The maximum Gasteiger partial charge on any atom is 0.320 e. The number of rotatable bonds is 6. The number of amides is 1. The highest BCUT2D eigenvalue weighted by Crippen LogP contribution is 2.10. The molecule has 1 unspecified atom stereocenters. The predicted molar refractivity (Wildman–Crippen MR) is 63.0 cm³/mol. The Kier molecular flexibility index (Phi) is 5.06. The third-order valence-corrected chi connectivity index (χ3v) is 2.21. The van der Waals surface area contributed by atoms with E-state index in [1.54, 1.807) is 6.07 Å². The lowest BCUT2D eigenvalue weighted by molar-refractivity contribution is -0.138. The van der Waals surface area contributed by atoms with Gasteiger partial charge in [-0.25, -0.2) is 4.39 Å². The minimum atomic E-state index is -1.16. The summed E-state index contributed by atoms with van der Waals surface area (Å²) in [4.78, 5) is 21.7. The topological polar surface area (TPSA) is 104 Å². The molecule has 0 saturated carbocycles. The average molecular weight is 255 g/mol. The van der Waals surface area contributed by atoms with E-state index in [1.807, 2.05) is 0 Å². The lowest BCUT2D eigenvalue weighted by Gasteiger charge is -2.10. The Morgan fingerprint density at radius 1 is 1.39 bits per heavy atom. The number of carbonyl (C=O) groups excluding carboxylic acids is 1. The molecule has 6 nitrogen and oxygen atoms in total. The minimum Gasteiger partial charge on any atom is -0.480 e. The predicted octanol–water partition coefficient (Wildman–Crippen LogP) is 0.461. The first-order valence-electron chi connectivity index (χ1n) is 5.28. The zero-order valence-corrected chi connectivity index (χ0v) is 9.52. The van der Waals surface area contributed by atoms with Crippen molar-refractivity contribution in [1.82, 2.24) is 5.43 Å². The van der Waals surface area contributed by atoms with Gasteiger partial charge in [-0.3, -0.25) is 20.4 Å². The fourth-order valence-electron chi connectivity index (χ4n) is 1.17. The van der Waals surface area contributed by atoms with Crippen molar-refractivity contribution in [2.75, 3.05) is 5.43 Å². The number of hydrazine groups is 1. The lowest BCUT2D eigenvalue weighted by Crippen LogP contribution is -2.34. The quantitative estimate of drug-likeness (QED) is 0.553. The normalized spacial score (nSPS) is 11.7. The molecule has 0 spiro atoms. The fourth-order valence-corrected chi connectivity index (χ4v) is 1.17. The van der Waals surface area contributed by atoms with Crippen LogP contribution in [0.5, 0.6) is 0 Å². The number of carboxylic acids is 1. The molecule has 5 N–H and O–H groups in total. The molecular weight excluding hydrogens is 241 g/mol. The highest BCUT2D eigenvalue weighted by molar-refractivity contribution is 5.79. The summed E-state index contributed by atoms with van der Waals surface area (Å²) in [5.41, 5.74) is 10.0. The van der Waals surface area contributed by atoms with E-state index in [1.165, 1.54) is 18.2 Å². The maximum atomic E-state index is 13.1. The number of benzene rings is 1. The van der Waals surface area contributed by atoms with Crippen LogP contribution in [0.3, 0.4) is 0 Å². The Hall–Kier alpha value is -2.15. The SMILES string of the molecule is NC(CCC(=O)NNc1ccccc1F)C(=O)O. The first kappa shape index (κ1) is 13.9. The number of anilines is 1. The van der Waals surface area contributed by atoms with E-state index in [-0.39, 0.29) is 18.5 Å². The molecule has 7 heteroatoms. The number of para-hydroxylation sites is 1. The Bertz CT molecular complexity index is 439. The van der Waals surface area contributed by atoms with Crippen molar-refractivity contribution in [3.05, 3.63) is 30.1 Å². The van der Waals surface area contributed by atoms with Gasteiger partial charge in [0, 0.05) is 6.42 Å². The van der Waals surface area contributed by atoms with Crippen molar-refractivity contribution in [2.45, 2.75) is 18.9 Å². The van der Waals surface area contributed by atoms with E-state index in [2.05, 4.69) is 10.9 Å². The van der Waals surface area contributed by atoms with E-state index in [0.29, 0.717) is 0 Å². The number of aliphatic carboxylic acids is 1. The molecule has 0 saturated heterocycles. The van der Waals surface area contributed by atoms with Gasteiger partial charge in [-0.1, -0.05) is 12.1 Å². The second-order valence-corrected chi connectivity index (χ2v) is 3.64. The highest BCUT2D eigenvalue weighted by atomic mass is 19.1. The number of nitrogens with one attached hydrogen (secondary N) is 2. The van der Waals surface area contributed by atoms with Crippen LogP contribution in [-0.2, 0) is 9.59 Å². The number of carboxylic acid groups (broad SMARTS) is 1. The molecule has 1 rings (SSSR count). The smallest absolute Gasteiger partial charge is 0.320 e. The molecule has 1 amide bonds. The van der Waals surface area contributed by atoms with E-state index in [4.69, 9.17) is 10.8 Å². The molecule has 1 atom stereocenters. The van der Waals surface area contributed by atoms with Gasteiger partial charge in [0.05, 0.1) is 5.69 Å². The van der Waals surface area contributed by atoms with E-state index in [9.17, 15) is 14.0 Å². The van der Waals surface area contributed by atoms with Crippen molar-refractivity contribution in [2.24, 2.45) is 5.73 Å². The van der Waals surface area contributed by atoms with Gasteiger partial charge in [0.2, 0.25) is 5.91 Å².